The summed E-state index contributed by atoms with van der Waals surface area (Å²) in [5, 5.41) is 9.69. The van der Waals surface area contributed by atoms with E-state index in [0.717, 1.165) is 5.56 Å². The van der Waals surface area contributed by atoms with E-state index < -0.39 is 17.8 Å². The second kappa shape index (κ2) is 7.17. The number of nitrogens with zero attached hydrogens (tertiary/aromatic N) is 2. The molecule has 1 N–H and O–H groups in total. The van der Waals surface area contributed by atoms with E-state index in [0.29, 0.717) is 0 Å². The van der Waals surface area contributed by atoms with E-state index in [4.69, 9.17) is 5.53 Å². The number of carbonyl (C=O) groups is 1. The number of hydrogen-bond acceptors (Lipinski definition) is 3. The van der Waals surface area contributed by atoms with E-state index >= 15 is 0 Å². The van der Waals surface area contributed by atoms with Crippen molar-refractivity contribution in [1.82, 2.24) is 0 Å². The smallest absolute Gasteiger partial charge is 0.420 e. The molecule has 0 fully saturated rings. The van der Waals surface area contributed by atoms with Crippen LogP contribution in [0.3, 0.4) is 0 Å². The largest absolute Gasteiger partial charge is 0.457 e. The van der Waals surface area contributed by atoms with Gasteiger partial charge in [-0.15, -0.1) is 0 Å². The highest BCUT2D eigenvalue weighted by Crippen LogP contribution is 2.03. The molecular weight excluding hydrogens is 232 g/mol. The van der Waals surface area contributed by atoms with Crippen molar-refractivity contribution in [3.8, 4) is 0 Å². The van der Waals surface area contributed by atoms with Crippen LogP contribution in [0.5, 0.6) is 0 Å². The third-order valence-corrected chi connectivity index (χ3v) is 2.14. The summed E-state index contributed by atoms with van der Waals surface area (Å²) in [4.78, 5) is 14.1. The maximum Gasteiger partial charge on any atom is 0.420 e. The lowest BCUT2D eigenvalue weighted by Crippen LogP contribution is -2.29. The molecule has 0 heterocycles. The zero-order valence-electron chi connectivity index (χ0n) is 9.98. The van der Waals surface area contributed by atoms with Gasteiger partial charge < -0.3 is 15.4 Å². The summed E-state index contributed by atoms with van der Waals surface area (Å²) < 4.78 is 4.64. The monoisotopic (exact) mass is 246 g/mol. The number of aliphatic hydroxyl groups is 1. The lowest BCUT2D eigenvalue weighted by Gasteiger charge is -2.00. The molecule has 0 aliphatic heterocycles. The second-order valence-electron chi connectivity index (χ2n) is 3.42. The Morgan fingerprint density at radius 2 is 2.17 bits per heavy atom. The number of carbonyl (C=O) groups excluding carboxylic acids is 1. The van der Waals surface area contributed by atoms with Crippen molar-refractivity contribution in [3.63, 3.8) is 0 Å². The Morgan fingerprint density at radius 1 is 1.50 bits per heavy atom. The van der Waals surface area contributed by atoms with Gasteiger partial charge in [-0.3, -0.25) is 0 Å². The van der Waals surface area contributed by atoms with Gasteiger partial charge in [0, 0.05) is 0 Å². The molecule has 0 aromatic heterocycles. The Morgan fingerprint density at radius 3 is 2.72 bits per heavy atom. The standard InChI is InChI=1S/C13H14N2O3/c1-2-18-13(17)12(15-14)11(16)9-8-10-6-4-3-5-7-10/h3-9,11,16H,2H2,1H3/b9-8+/t11-/m0/s1. The summed E-state index contributed by atoms with van der Waals surface area (Å²) in [6, 6.07) is 9.23. The molecule has 18 heavy (non-hydrogen) atoms. The van der Waals surface area contributed by atoms with Crippen LogP contribution in [0.1, 0.15) is 12.5 Å². The summed E-state index contributed by atoms with van der Waals surface area (Å²) in [5.41, 5.74) is 9.10. The van der Waals surface area contributed by atoms with Crippen molar-refractivity contribution in [3.05, 3.63) is 47.5 Å². The van der Waals surface area contributed by atoms with Crippen molar-refractivity contribution >= 4 is 17.8 Å². The van der Waals surface area contributed by atoms with Gasteiger partial charge in [0.15, 0.2) is 6.10 Å². The molecule has 1 aromatic carbocycles. The fourth-order valence-corrected chi connectivity index (χ4v) is 1.28. The molecule has 5 heteroatoms. The van der Waals surface area contributed by atoms with Crippen molar-refractivity contribution < 1.29 is 19.4 Å². The molecule has 5 nitrogen and oxygen atoms in total. The summed E-state index contributed by atoms with van der Waals surface area (Å²) in [7, 11) is 0. The molecule has 1 rings (SSSR count). The topological polar surface area (TPSA) is 82.9 Å². The number of esters is 1. The molecule has 0 spiro atoms. The van der Waals surface area contributed by atoms with Gasteiger partial charge in [0.1, 0.15) is 0 Å². The van der Waals surface area contributed by atoms with Crippen LogP contribution in [-0.2, 0) is 9.53 Å². The minimum absolute atomic E-state index is 0.146. The predicted octanol–water partition coefficient (Wildman–Crippen LogP) is 1.29. The van der Waals surface area contributed by atoms with Crippen molar-refractivity contribution in [2.45, 2.75) is 13.0 Å². The lowest BCUT2D eigenvalue weighted by atomic mass is 10.1. The highest BCUT2D eigenvalue weighted by molar-refractivity contribution is 6.36. The highest BCUT2D eigenvalue weighted by atomic mass is 16.5. The van der Waals surface area contributed by atoms with Crippen LogP contribution in [0.15, 0.2) is 36.4 Å². The molecule has 0 saturated carbocycles. The zero-order valence-corrected chi connectivity index (χ0v) is 9.98. The first kappa shape index (κ1) is 13.8. The lowest BCUT2D eigenvalue weighted by molar-refractivity contribution is -0.141. The first-order chi connectivity index (χ1) is 8.69. The van der Waals surface area contributed by atoms with E-state index in [-0.39, 0.29) is 6.61 Å². The van der Waals surface area contributed by atoms with Crippen LogP contribution < -0.4 is 0 Å². The molecule has 1 aromatic rings. The average molecular weight is 246 g/mol. The van der Waals surface area contributed by atoms with Crippen LogP contribution in [0.4, 0.5) is 0 Å². The quantitative estimate of drug-likeness (QED) is 0.368. The zero-order chi connectivity index (χ0) is 13.4. The van der Waals surface area contributed by atoms with Crippen LogP contribution in [-0.4, -0.2) is 34.3 Å². The Kier molecular flexibility index (Phi) is 5.51. The van der Waals surface area contributed by atoms with Gasteiger partial charge in [-0.2, -0.15) is 4.79 Å². The highest BCUT2D eigenvalue weighted by Gasteiger charge is 2.28. The van der Waals surface area contributed by atoms with Gasteiger partial charge in [0.25, 0.3) is 0 Å². The van der Waals surface area contributed by atoms with Crippen LogP contribution >= 0.6 is 0 Å². The van der Waals surface area contributed by atoms with Crippen molar-refractivity contribution in [2.24, 2.45) is 0 Å². The minimum atomic E-state index is -1.31. The molecule has 0 unspecified atom stereocenters. The van der Waals surface area contributed by atoms with E-state index in [1.165, 1.54) is 6.08 Å². The van der Waals surface area contributed by atoms with Gasteiger partial charge in [0.2, 0.25) is 0 Å². The number of hydrogen-bond donors (Lipinski definition) is 1. The molecule has 0 aliphatic carbocycles. The Balaban J connectivity index is 2.75. The molecule has 0 bridgehead atoms. The van der Waals surface area contributed by atoms with Crippen LogP contribution in [0.25, 0.3) is 11.6 Å². The number of aliphatic hydroxyl groups excluding tert-OH is 1. The Bertz CT molecular complexity index is 476. The molecule has 0 aliphatic rings. The van der Waals surface area contributed by atoms with Crippen LogP contribution in [0.2, 0.25) is 0 Å². The predicted molar refractivity (Wildman–Crippen MR) is 66.7 cm³/mol. The first-order valence-electron chi connectivity index (χ1n) is 5.49. The third kappa shape index (κ3) is 3.97. The fourth-order valence-electron chi connectivity index (χ4n) is 1.28. The number of benzene rings is 1. The fraction of sp³-hybridized carbons (Fsp3) is 0.231. The molecule has 0 radical (unpaired) electrons. The Hall–Kier alpha value is -2.23. The second-order valence-corrected chi connectivity index (χ2v) is 3.42. The minimum Gasteiger partial charge on any atom is -0.457 e. The van der Waals surface area contributed by atoms with Gasteiger partial charge >= 0.3 is 11.7 Å². The van der Waals surface area contributed by atoms with E-state index in [9.17, 15) is 9.90 Å². The maximum atomic E-state index is 11.3. The van der Waals surface area contributed by atoms with Crippen molar-refractivity contribution in [1.29, 1.82) is 0 Å². The summed E-state index contributed by atoms with van der Waals surface area (Å²) in [6.45, 7) is 1.77. The number of ether oxygens (including phenoxy) is 1. The number of rotatable bonds is 5. The average Bonchev–Trinajstić information content (AvgIpc) is 2.39. The van der Waals surface area contributed by atoms with E-state index in [1.54, 1.807) is 13.0 Å². The van der Waals surface area contributed by atoms with Gasteiger partial charge in [-0.1, -0.05) is 36.4 Å². The van der Waals surface area contributed by atoms with E-state index in [2.05, 4.69) is 9.53 Å². The summed E-state index contributed by atoms with van der Waals surface area (Å²) >= 11 is 0. The van der Waals surface area contributed by atoms with E-state index in [1.807, 2.05) is 30.3 Å². The first-order valence-corrected chi connectivity index (χ1v) is 5.49. The summed E-state index contributed by atoms with van der Waals surface area (Å²) in [6.07, 6.45) is 1.66. The molecule has 0 saturated heterocycles. The van der Waals surface area contributed by atoms with Gasteiger partial charge in [-0.05, 0) is 18.6 Å². The SMILES string of the molecule is CCOC(=O)C(=[N+]=[N-])[C@@H](O)/C=C/c1ccccc1. The van der Waals surface area contributed by atoms with Gasteiger partial charge in [-0.25, -0.2) is 4.79 Å². The maximum absolute atomic E-state index is 11.3. The van der Waals surface area contributed by atoms with Crippen molar-refractivity contribution in [2.75, 3.05) is 6.61 Å². The normalized spacial score (nSPS) is 11.9. The molecular formula is C13H14N2O3. The van der Waals surface area contributed by atoms with Gasteiger partial charge in [0.05, 0.1) is 6.61 Å². The summed E-state index contributed by atoms with van der Waals surface area (Å²) in [5.74, 6) is -0.842. The Labute approximate surface area is 105 Å². The van der Waals surface area contributed by atoms with Crippen LogP contribution in [0, 0.1) is 0 Å². The molecule has 1 atom stereocenters. The molecule has 94 valence electrons. The third-order valence-electron chi connectivity index (χ3n) is 2.14. The molecule has 0 amide bonds.